The second kappa shape index (κ2) is 7.31. The number of rotatable bonds is 6. The Hall–Kier alpha value is -3.40. The number of para-hydroxylation sites is 1. The molecular weight excluding hydrogens is 365 g/mol. The van der Waals surface area contributed by atoms with Crippen LogP contribution in [0.2, 0.25) is 0 Å². The van der Waals surface area contributed by atoms with Gasteiger partial charge in [-0.2, -0.15) is 5.26 Å². The van der Waals surface area contributed by atoms with Gasteiger partial charge in [0.25, 0.3) is 0 Å². The van der Waals surface area contributed by atoms with Gasteiger partial charge < -0.3 is 14.6 Å². The van der Waals surface area contributed by atoms with Crippen molar-refractivity contribution in [2.24, 2.45) is 17.3 Å². The number of ether oxygens (including phenoxy) is 2. The first-order valence-corrected chi connectivity index (χ1v) is 8.61. The van der Waals surface area contributed by atoms with Crippen molar-refractivity contribution in [2.75, 3.05) is 0 Å². The standard InChI is InChI=1S/C21H18FNO5/c1-21(2)17(19(24)25)18(21)20(26)28-16(11-23)12-8-9-14(22)15(10-12)27-13-6-4-3-5-7-13/h3-10,16-18H,1-2H3,(H,24,25). The minimum Gasteiger partial charge on any atom is -0.481 e. The van der Waals surface area contributed by atoms with E-state index < -0.39 is 41.1 Å². The lowest BCUT2D eigenvalue weighted by Crippen LogP contribution is -2.15. The van der Waals surface area contributed by atoms with Crippen LogP contribution < -0.4 is 4.74 Å². The molecule has 3 atom stereocenters. The summed E-state index contributed by atoms with van der Waals surface area (Å²) in [6.45, 7) is 3.31. The zero-order valence-electron chi connectivity index (χ0n) is 15.3. The Morgan fingerprint density at radius 3 is 2.43 bits per heavy atom. The molecule has 0 aliphatic heterocycles. The number of nitriles is 1. The van der Waals surface area contributed by atoms with Gasteiger partial charge in [0.05, 0.1) is 11.8 Å². The summed E-state index contributed by atoms with van der Waals surface area (Å²) in [4.78, 5) is 23.6. The number of carboxylic acid groups (broad SMARTS) is 1. The monoisotopic (exact) mass is 383 g/mol. The summed E-state index contributed by atoms with van der Waals surface area (Å²) in [5.41, 5.74) is -0.513. The Kier molecular flexibility index (Phi) is 5.06. The fourth-order valence-corrected chi connectivity index (χ4v) is 3.27. The van der Waals surface area contributed by atoms with E-state index in [1.54, 1.807) is 44.2 Å². The molecular formula is C21H18FNO5. The van der Waals surface area contributed by atoms with Gasteiger partial charge in [-0.25, -0.2) is 4.39 Å². The molecule has 1 aliphatic carbocycles. The number of carboxylic acids is 1. The zero-order valence-corrected chi connectivity index (χ0v) is 15.3. The number of hydrogen-bond acceptors (Lipinski definition) is 5. The van der Waals surface area contributed by atoms with Crippen molar-refractivity contribution < 1.29 is 28.6 Å². The molecule has 0 bridgehead atoms. The summed E-state index contributed by atoms with van der Waals surface area (Å²) in [7, 11) is 0. The van der Waals surface area contributed by atoms with Crippen LogP contribution in [0.3, 0.4) is 0 Å². The molecule has 0 spiro atoms. The highest BCUT2D eigenvalue weighted by Gasteiger charge is 2.67. The van der Waals surface area contributed by atoms with Gasteiger partial charge in [-0.05, 0) is 29.7 Å². The number of carbonyl (C=O) groups is 2. The van der Waals surface area contributed by atoms with Crippen LogP contribution in [0.5, 0.6) is 11.5 Å². The molecule has 0 heterocycles. The molecule has 0 saturated heterocycles. The van der Waals surface area contributed by atoms with Crippen molar-refractivity contribution in [3.05, 3.63) is 59.9 Å². The van der Waals surface area contributed by atoms with Gasteiger partial charge >= 0.3 is 11.9 Å². The van der Waals surface area contributed by atoms with E-state index in [2.05, 4.69) is 0 Å². The van der Waals surface area contributed by atoms with E-state index in [1.807, 2.05) is 6.07 Å². The molecule has 3 unspecified atom stereocenters. The third-order valence-electron chi connectivity index (χ3n) is 4.93. The van der Waals surface area contributed by atoms with E-state index in [-0.39, 0.29) is 11.3 Å². The van der Waals surface area contributed by atoms with Crippen LogP contribution in [-0.2, 0) is 14.3 Å². The molecule has 1 aliphatic rings. The first kappa shape index (κ1) is 19.4. The van der Waals surface area contributed by atoms with Gasteiger partial charge in [0, 0.05) is 5.56 Å². The van der Waals surface area contributed by atoms with Crippen LogP contribution in [-0.4, -0.2) is 17.0 Å². The first-order chi connectivity index (χ1) is 13.3. The molecule has 0 radical (unpaired) electrons. The van der Waals surface area contributed by atoms with Gasteiger partial charge in [-0.3, -0.25) is 9.59 Å². The average Bonchev–Trinajstić information content (AvgIpc) is 3.25. The number of esters is 1. The van der Waals surface area contributed by atoms with Gasteiger partial charge in [-0.15, -0.1) is 0 Å². The highest BCUT2D eigenvalue weighted by Crippen LogP contribution is 2.59. The maximum atomic E-state index is 14.1. The Bertz CT molecular complexity index is 951. The summed E-state index contributed by atoms with van der Waals surface area (Å²) >= 11 is 0. The number of aliphatic carboxylic acids is 1. The predicted molar refractivity (Wildman–Crippen MR) is 95.8 cm³/mol. The quantitative estimate of drug-likeness (QED) is 0.755. The van der Waals surface area contributed by atoms with E-state index in [4.69, 9.17) is 9.47 Å². The molecule has 1 N–H and O–H groups in total. The minimum atomic E-state index is -1.31. The summed E-state index contributed by atoms with van der Waals surface area (Å²) in [5.74, 6) is -3.88. The van der Waals surface area contributed by atoms with Crippen molar-refractivity contribution in [3.63, 3.8) is 0 Å². The summed E-state index contributed by atoms with van der Waals surface area (Å²) in [6, 6.07) is 14.1. The number of halogens is 1. The fourth-order valence-electron chi connectivity index (χ4n) is 3.27. The Labute approximate surface area is 161 Å². The molecule has 6 nitrogen and oxygen atoms in total. The molecule has 0 aromatic heterocycles. The largest absolute Gasteiger partial charge is 0.481 e. The first-order valence-electron chi connectivity index (χ1n) is 8.61. The Morgan fingerprint density at radius 2 is 1.86 bits per heavy atom. The topological polar surface area (TPSA) is 96.6 Å². The van der Waals surface area contributed by atoms with Crippen molar-refractivity contribution in [1.29, 1.82) is 5.26 Å². The van der Waals surface area contributed by atoms with Crippen molar-refractivity contribution in [2.45, 2.75) is 20.0 Å². The Balaban J connectivity index is 1.78. The number of hydrogen-bond donors (Lipinski definition) is 1. The maximum Gasteiger partial charge on any atom is 0.312 e. The van der Waals surface area contributed by atoms with E-state index in [1.165, 1.54) is 12.1 Å². The minimum absolute atomic E-state index is 0.116. The van der Waals surface area contributed by atoms with Crippen LogP contribution in [0, 0.1) is 34.4 Å². The van der Waals surface area contributed by atoms with Crippen molar-refractivity contribution >= 4 is 11.9 Å². The second-order valence-corrected chi connectivity index (χ2v) is 7.17. The third kappa shape index (κ3) is 3.67. The molecule has 2 aromatic carbocycles. The van der Waals surface area contributed by atoms with Crippen molar-refractivity contribution in [3.8, 4) is 17.6 Å². The molecule has 28 heavy (non-hydrogen) atoms. The SMILES string of the molecule is CC1(C)C(C(=O)O)C1C(=O)OC(C#N)c1ccc(F)c(Oc2ccccc2)c1. The van der Waals surface area contributed by atoms with Crippen LogP contribution in [0.15, 0.2) is 48.5 Å². The summed E-state index contributed by atoms with van der Waals surface area (Å²) < 4.78 is 24.8. The molecule has 1 saturated carbocycles. The normalized spacial score (nSPS) is 20.5. The number of carbonyl (C=O) groups excluding carboxylic acids is 1. The van der Waals surface area contributed by atoms with Crippen LogP contribution >= 0.6 is 0 Å². The predicted octanol–water partition coefficient (Wildman–Crippen LogP) is 4.08. The lowest BCUT2D eigenvalue weighted by Gasteiger charge is -2.14. The average molecular weight is 383 g/mol. The summed E-state index contributed by atoms with van der Waals surface area (Å²) in [6.07, 6.45) is -1.31. The second-order valence-electron chi connectivity index (χ2n) is 7.17. The van der Waals surface area contributed by atoms with E-state index in [9.17, 15) is 24.3 Å². The lowest BCUT2D eigenvalue weighted by molar-refractivity contribution is -0.151. The van der Waals surface area contributed by atoms with Gasteiger partial charge in [0.2, 0.25) is 6.10 Å². The molecule has 2 aromatic rings. The van der Waals surface area contributed by atoms with Crippen LogP contribution in [0.1, 0.15) is 25.5 Å². The highest BCUT2D eigenvalue weighted by atomic mass is 19.1. The van der Waals surface area contributed by atoms with E-state index in [0.29, 0.717) is 5.75 Å². The smallest absolute Gasteiger partial charge is 0.312 e. The van der Waals surface area contributed by atoms with E-state index in [0.717, 1.165) is 6.07 Å². The van der Waals surface area contributed by atoms with Crippen molar-refractivity contribution in [1.82, 2.24) is 0 Å². The van der Waals surface area contributed by atoms with E-state index >= 15 is 0 Å². The number of nitrogens with zero attached hydrogens (tertiary/aromatic N) is 1. The van der Waals surface area contributed by atoms with Gasteiger partial charge in [0.1, 0.15) is 11.8 Å². The van der Waals surface area contributed by atoms with Crippen LogP contribution in [0.25, 0.3) is 0 Å². The highest BCUT2D eigenvalue weighted by molar-refractivity contribution is 5.88. The summed E-state index contributed by atoms with van der Waals surface area (Å²) in [5, 5.41) is 18.6. The molecule has 1 fully saturated rings. The molecule has 7 heteroatoms. The van der Waals surface area contributed by atoms with Crippen LogP contribution in [0.4, 0.5) is 4.39 Å². The fraction of sp³-hybridized carbons (Fsp3) is 0.286. The molecule has 3 rings (SSSR count). The zero-order chi connectivity index (χ0) is 20.5. The molecule has 0 amide bonds. The Morgan fingerprint density at radius 1 is 1.18 bits per heavy atom. The molecule has 144 valence electrons. The van der Waals surface area contributed by atoms with Gasteiger partial charge in [0.15, 0.2) is 11.6 Å². The third-order valence-corrected chi connectivity index (χ3v) is 4.93. The number of benzene rings is 2. The maximum absolute atomic E-state index is 14.1. The lowest BCUT2D eigenvalue weighted by atomic mass is 10.1. The van der Waals surface area contributed by atoms with Gasteiger partial charge in [-0.1, -0.05) is 38.1 Å².